The van der Waals surface area contributed by atoms with Crippen molar-refractivity contribution >= 4 is 63.0 Å². The molecule has 4 nitrogen and oxygen atoms in total. The van der Waals surface area contributed by atoms with E-state index in [9.17, 15) is 9.90 Å². The summed E-state index contributed by atoms with van der Waals surface area (Å²) in [5, 5.41) is 10.0. The average molecular weight is 359 g/mol. The predicted molar refractivity (Wildman–Crippen MR) is 95.2 cm³/mol. The van der Waals surface area contributed by atoms with Gasteiger partial charge in [-0.05, 0) is 50.0 Å². The van der Waals surface area contributed by atoms with Crippen molar-refractivity contribution in [2.75, 3.05) is 6.54 Å². The summed E-state index contributed by atoms with van der Waals surface area (Å²) in [5.74, 6) is 0. The lowest BCUT2D eigenvalue weighted by Crippen LogP contribution is -2.21. The molecule has 0 saturated carbocycles. The van der Waals surface area contributed by atoms with Crippen LogP contribution >= 0.6 is 47.5 Å². The number of carbonyl (C=O) groups excluding carboxylic acids is 1. The monoisotopic (exact) mass is 358 g/mol. The summed E-state index contributed by atoms with van der Waals surface area (Å²) in [6.45, 7) is 5.26. The first-order chi connectivity index (χ1) is 9.99. The number of hydrogen-bond acceptors (Lipinski definition) is 6. The van der Waals surface area contributed by atoms with Crippen LogP contribution in [0.4, 0.5) is 0 Å². The quantitative estimate of drug-likeness (QED) is 0.653. The van der Waals surface area contributed by atoms with Crippen LogP contribution in [0.5, 0.6) is 5.06 Å². The molecule has 0 radical (unpaired) electrons. The van der Waals surface area contributed by atoms with Crippen molar-refractivity contribution in [1.29, 1.82) is 0 Å². The number of aromatic hydroxyl groups is 1. The molecule has 112 valence electrons. The molecule has 0 aromatic carbocycles. The third-order valence-corrected chi connectivity index (χ3v) is 5.48. The van der Waals surface area contributed by atoms with Crippen LogP contribution in [0.2, 0.25) is 0 Å². The number of thiocarbonyl (C=S) groups is 1. The third kappa shape index (κ3) is 3.28. The number of thioether (sulfide) groups is 1. The maximum absolute atomic E-state index is 11.9. The van der Waals surface area contributed by atoms with Gasteiger partial charge in [0.2, 0.25) is 5.12 Å². The van der Waals surface area contributed by atoms with Crippen molar-refractivity contribution in [3.05, 3.63) is 27.5 Å². The molecule has 1 fully saturated rings. The molecule has 1 aliphatic heterocycles. The van der Waals surface area contributed by atoms with Crippen molar-refractivity contribution < 1.29 is 9.90 Å². The Morgan fingerprint density at radius 2 is 2.00 bits per heavy atom. The molecule has 0 aliphatic carbocycles. The molecule has 1 N–H and O–H groups in total. The fraction of sp³-hybridized carbons (Fsp3) is 0.308. The highest BCUT2D eigenvalue weighted by Gasteiger charge is 2.29. The van der Waals surface area contributed by atoms with Gasteiger partial charge in [0.1, 0.15) is 4.32 Å². The van der Waals surface area contributed by atoms with Gasteiger partial charge in [0.15, 0.2) is 9.02 Å². The van der Waals surface area contributed by atoms with Crippen molar-refractivity contribution in [2.24, 2.45) is 0 Å². The zero-order chi connectivity index (χ0) is 15.6. The Bertz CT molecular complexity index is 700. The Hall–Kier alpha value is -0.960. The van der Waals surface area contributed by atoms with E-state index in [1.165, 1.54) is 11.3 Å². The molecule has 0 spiro atoms. The minimum Gasteiger partial charge on any atom is -0.498 e. The first-order valence-electron chi connectivity index (χ1n) is 6.34. The van der Waals surface area contributed by atoms with Gasteiger partial charge >= 0.3 is 0 Å². The molecule has 0 amide bonds. The number of rotatable bonds is 4. The first-order valence-corrected chi connectivity index (χ1v) is 8.79. The fourth-order valence-corrected chi connectivity index (χ4v) is 4.43. The molecule has 0 unspecified atom stereocenters. The molecule has 21 heavy (non-hydrogen) atoms. The fourth-order valence-electron chi connectivity index (χ4n) is 1.95. The van der Waals surface area contributed by atoms with Gasteiger partial charge in [0.05, 0.1) is 11.4 Å². The van der Waals surface area contributed by atoms with E-state index in [2.05, 4.69) is 0 Å². The highest BCUT2D eigenvalue weighted by molar-refractivity contribution is 8.33. The molecule has 1 aromatic rings. The molecule has 2 heterocycles. The van der Waals surface area contributed by atoms with Gasteiger partial charge in [-0.2, -0.15) is 0 Å². The summed E-state index contributed by atoms with van der Waals surface area (Å²) in [4.78, 5) is 13.7. The van der Waals surface area contributed by atoms with Crippen LogP contribution in [0.1, 0.15) is 19.5 Å². The summed E-state index contributed by atoms with van der Waals surface area (Å²) in [6, 6.07) is 0. The summed E-state index contributed by atoms with van der Waals surface area (Å²) in [5.41, 5.74) is 1.23. The Morgan fingerprint density at radius 3 is 2.62 bits per heavy atom. The van der Waals surface area contributed by atoms with E-state index in [1.54, 1.807) is 23.1 Å². The predicted octanol–water partition coefficient (Wildman–Crippen LogP) is 3.78. The number of allylic oxidation sites excluding steroid dienone is 2. The van der Waals surface area contributed by atoms with E-state index < -0.39 is 0 Å². The Labute approximate surface area is 141 Å². The lowest BCUT2D eigenvalue weighted by atomic mass is 10.3. The van der Waals surface area contributed by atoms with Gasteiger partial charge in [-0.15, -0.1) is 0 Å². The molecule has 0 bridgehead atoms. The second-order valence-corrected chi connectivity index (χ2v) is 7.34. The maximum atomic E-state index is 11.9. The zero-order valence-corrected chi connectivity index (χ0v) is 14.8. The normalized spacial score (nSPS) is 17.6. The molecule has 2 rings (SSSR count). The van der Waals surface area contributed by atoms with E-state index in [0.717, 1.165) is 11.8 Å². The van der Waals surface area contributed by atoms with E-state index in [1.807, 2.05) is 18.4 Å². The summed E-state index contributed by atoms with van der Waals surface area (Å²) < 4.78 is 3.06. The number of aromatic nitrogens is 1. The van der Waals surface area contributed by atoms with E-state index in [0.29, 0.717) is 32.8 Å². The van der Waals surface area contributed by atoms with Crippen molar-refractivity contribution in [1.82, 2.24) is 9.47 Å². The van der Waals surface area contributed by atoms with E-state index in [-0.39, 0.29) is 10.2 Å². The molecule has 8 heteroatoms. The van der Waals surface area contributed by atoms with Crippen LogP contribution in [0.15, 0.2) is 17.8 Å². The van der Waals surface area contributed by atoms with Gasteiger partial charge in [0.25, 0.3) is 0 Å². The number of nitrogens with zero attached hydrogens (tertiary/aromatic N) is 2. The summed E-state index contributed by atoms with van der Waals surface area (Å²) in [6.07, 6.45) is 5.22. The summed E-state index contributed by atoms with van der Waals surface area (Å²) >= 11 is 12.6. The SMILES string of the molecule is CCN1C(=S)SC(=O)/C1=C\C=Cc1c(O)sc(=S)n1CC. The molecular formula is C13H14N2O2S4. The minimum atomic E-state index is -0.0478. The summed E-state index contributed by atoms with van der Waals surface area (Å²) in [7, 11) is 0. The van der Waals surface area contributed by atoms with Crippen LogP contribution in [-0.2, 0) is 11.3 Å². The van der Waals surface area contributed by atoms with Gasteiger partial charge in [-0.1, -0.05) is 29.6 Å². The van der Waals surface area contributed by atoms with Crippen molar-refractivity contribution in [3.8, 4) is 5.06 Å². The van der Waals surface area contributed by atoms with Crippen LogP contribution in [0, 0.1) is 3.95 Å². The largest absolute Gasteiger partial charge is 0.498 e. The van der Waals surface area contributed by atoms with Gasteiger partial charge in [-0.25, -0.2) is 0 Å². The van der Waals surface area contributed by atoms with Crippen LogP contribution in [-0.4, -0.2) is 30.6 Å². The lowest BCUT2D eigenvalue weighted by molar-refractivity contribution is -0.108. The van der Waals surface area contributed by atoms with Crippen molar-refractivity contribution in [3.63, 3.8) is 0 Å². The third-order valence-electron chi connectivity index (χ3n) is 2.96. The minimum absolute atomic E-state index is 0.0478. The van der Waals surface area contributed by atoms with Gasteiger partial charge < -0.3 is 14.6 Å². The smallest absolute Gasteiger partial charge is 0.242 e. The van der Waals surface area contributed by atoms with Crippen LogP contribution < -0.4 is 0 Å². The lowest BCUT2D eigenvalue weighted by Gasteiger charge is -2.13. The standard InChI is InChI=1S/C13H14N2O2S4/c1-3-14-8(10(16)20-12(14)18)6-5-7-9-11(17)21-13(19)15(9)4-2/h5-7,16H,3-4H2,1-2H3/b6-5?,9-7+. The van der Waals surface area contributed by atoms with Crippen LogP contribution in [0.3, 0.4) is 0 Å². The van der Waals surface area contributed by atoms with E-state index in [4.69, 9.17) is 24.4 Å². The first kappa shape index (κ1) is 16.4. The number of thiazole rings is 1. The average Bonchev–Trinajstić information content (AvgIpc) is 2.86. The second kappa shape index (κ2) is 6.87. The van der Waals surface area contributed by atoms with E-state index >= 15 is 0 Å². The topological polar surface area (TPSA) is 45.5 Å². The van der Waals surface area contributed by atoms with Crippen LogP contribution in [0.25, 0.3) is 6.08 Å². The van der Waals surface area contributed by atoms with Gasteiger partial charge in [-0.3, -0.25) is 4.79 Å². The van der Waals surface area contributed by atoms with Crippen molar-refractivity contribution in [2.45, 2.75) is 20.4 Å². The molecule has 1 aromatic heterocycles. The van der Waals surface area contributed by atoms with Gasteiger partial charge in [0, 0.05) is 13.1 Å². The molecule has 1 saturated heterocycles. The Balaban J connectivity index is 2.30. The molecular weight excluding hydrogens is 344 g/mol. The molecule has 1 aliphatic rings. The number of carbonyl (C=O) groups is 1. The maximum Gasteiger partial charge on any atom is 0.242 e. The molecule has 0 atom stereocenters. The number of likely N-dealkylation sites (N-methyl/N-ethyl adjacent to an activating group) is 1. The second-order valence-electron chi connectivity index (χ2n) is 4.11. The number of hydrogen-bond donors (Lipinski definition) is 1. The highest BCUT2D eigenvalue weighted by Crippen LogP contribution is 2.30. The zero-order valence-electron chi connectivity index (χ0n) is 11.5. The Morgan fingerprint density at radius 1 is 1.29 bits per heavy atom. The Kier molecular flexibility index (Phi) is 5.37. The highest BCUT2D eigenvalue weighted by atomic mass is 32.2.